The highest BCUT2D eigenvalue weighted by molar-refractivity contribution is 14.0. The SMILES string of the molecule is CN=C(NCc1ncc(C(C)(C)C)o1)NCc1ccccc1CS(=O)(=O)NC(C)C.I. The normalized spacial score (nSPS) is 12.5. The molecule has 174 valence electrons. The number of rotatable bonds is 8. The van der Waals surface area contributed by atoms with Crippen LogP contribution < -0.4 is 15.4 Å². The van der Waals surface area contributed by atoms with Crippen LogP contribution in [0.3, 0.4) is 0 Å². The van der Waals surface area contributed by atoms with Crippen LogP contribution in [-0.2, 0) is 34.3 Å². The first-order valence-corrected chi connectivity index (χ1v) is 11.6. The van der Waals surface area contributed by atoms with Crippen LogP contribution in [0.15, 0.2) is 39.9 Å². The zero-order valence-electron chi connectivity index (χ0n) is 19.0. The summed E-state index contributed by atoms with van der Waals surface area (Å²) < 4.78 is 33.0. The van der Waals surface area contributed by atoms with E-state index >= 15 is 0 Å². The molecule has 0 radical (unpaired) electrons. The number of benzene rings is 1. The third-order valence-corrected chi connectivity index (χ3v) is 5.77. The number of oxazole rings is 1. The minimum absolute atomic E-state index is 0. The zero-order valence-corrected chi connectivity index (χ0v) is 22.2. The van der Waals surface area contributed by atoms with Crippen LogP contribution in [-0.4, -0.2) is 32.5 Å². The third-order valence-electron chi connectivity index (χ3n) is 4.25. The van der Waals surface area contributed by atoms with Crippen LogP contribution >= 0.6 is 24.0 Å². The highest BCUT2D eigenvalue weighted by atomic mass is 127. The van der Waals surface area contributed by atoms with Crippen molar-refractivity contribution in [1.82, 2.24) is 20.3 Å². The topological polar surface area (TPSA) is 109 Å². The summed E-state index contributed by atoms with van der Waals surface area (Å²) in [5.41, 5.74) is 1.54. The Morgan fingerprint density at radius 2 is 1.74 bits per heavy atom. The Labute approximate surface area is 202 Å². The molecule has 0 spiro atoms. The van der Waals surface area contributed by atoms with Gasteiger partial charge < -0.3 is 15.1 Å². The average molecular weight is 564 g/mol. The largest absolute Gasteiger partial charge is 0.443 e. The summed E-state index contributed by atoms with van der Waals surface area (Å²) in [5.74, 6) is 1.91. The summed E-state index contributed by atoms with van der Waals surface area (Å²) in [7, 11) is -1.73. The fourth-order valence-corrected chi connectivity index (χ4v) is 4.27. The molecule has 8 nitrogen and oxygen atoms in total. The highest BCUT2D eigenvalue weighted by Gasteiger charge is 2.19. The van der Waals surface area contributed by atoms with Gasteiger partial charge in [0.15, 0.2) is 5.96 Å². The Hall–Kier alpha value is -1.66. The lowest BCUT2D eigenvalue weighted by Crippen LogP contribution is -2.37. The molecular formula is C21H34IN5O3S. The van der Waals surface area contributed by atoms with E-state index < -0.39 is 10.0 Å². The number of hydrogen-bond acceptors (Lipinski definition) is 5. The van der Waals surface area contributed by atoms with Crippen LogP contribution in [0.1, 0.15) is 57.4 Å². The predicted molar refractivity (Wildman–Crippen MR) is 135 cm³/mol. The molecule has 1 aromatic heterocycles. The van der Waals surface area contributed by atoms with Crippen LogP contribution in [0.4, 0.5) is 0 Å². The molecule has 0 saturated heterocycles. The lowest BCUT2D eigenvalue weighted by Gasteiger charge is -2.15. The number of halogens is 1. The lowest BCUT2D eigenvalue weighted by molar-refractivity contribution is 0.379. The smallest absolute Gasteiger partial charge is 0.216 e. The Bertz CT molecular complexity index is 965. The van der Waals surface area contributed by atoms with E-state index in [0.717, 1.165) is 16.9 Å². The number of hydrogen-bond donors (Lipinski definition) is 3. The van der Waals surface area contributed by atoms with Gasteiger partial charge in [-0.25, -0.2) is 18.1 Å². The molecule has 0 atom stereocenters. The van der Waals surface area contributed by atoms with Crippen LogP contribution in [0.25, 0.3) is 0 Å². The van der Waals surface area contributed by atoms with Gasteiger partial charge >= 0.3 is 0 Å². The van der Waals surface area contributed by atoms with Gasteiger partial charge in [-0.3, -0.25) is 4.99 Å². The van der Waals surface area contributed by atoms with Crippen molar-refractivity contribution in [2.75, 3.05) is 7.05 Å². The zero-order chi connectivity index (χ0) is 22.4. The van der Waals surface area contributed by atoms with E-state index in [4.69, 9.17) is 4.42 Å². The van der Waals surface area contributed by atoms with Gasteiger partial charge in [0, 0.05) is 25.0 Å². The standard InChI is InChI=1S/C21H33N5O3S.HI/c1-15(2)26-30(27,28)14-17-10-8-7-9-16(17)11-24-20(22-6)25-13-19-23-12-18(29-19)21(3,4)5;/h7-10,12,15,26H,11,13-14H2,1-6H3,(H2,22,24,25);1H. The van der Waals surface area contributed by atoms with Crippen molar-refractivity contribution < 1.29 is 12.8 Å². The van der Waals surface area contributed by atoms with E-state index in [2.05, 4.69) is 46.1 Å². The number of aliphatic imine (C=N–C) groups is 1. The fourth-order valence-electron chi connectivity index (χ4n) is 2.77. The molecule has 0 aliphatic heterocycles. The molecule has 31 heavy (non-hydrogen) atoms. The number of nitrogens with zero attached hydrogens (tertiary/aromatic N) is 2. The van der Waals surface area contributed by atoms with Crippen molar-refractivity contribution in [2.24, 2.45) is 4.99 Å². The minimum atomic E-state index is -3.40. The maximum atomic E-state index is 12.3. The fraction of sp³-hybridized carbons (Fsp3) is 0.524. The van der Waals surface area contributed by atoms with Crippen molar-refractivity contribution in [2.45, 2.75) is 64.9 Å². The Kier molecular flexibility index (Phi) is 10.4. The van der Waals surface area contributed by atoms with Gasteiger partial charge in [-0.15, -0.1) is 24.0 Å². The second kappa shape index (κ2) is 11.8. The molecule has 0 unspecified atom stereocenters. The monoisotopic (exact) mass is 563 g/mol. The van der Waals surface area contributed by atoms with Gasteiger partial charge in [-0.2, -0.15) is 0 Å². The van der Waals surface area contributed by atoms with E-state index in [9.17, 15) is 8.42 Å². The highest BCUT2D eigenvalue weighted by Crippen LogP contribution is 2.22. The number of sulfonamides is 1. The molecule has 0 bridgehead atoms. The first-order valence-electron chi connectivity index (χ1n) is 9.96. The summed E-state index contributed by atoms with van der Waals surface area (Å²) in [6.45, 7) is 10.6. The van der Waals surface area contributed by atoms with Gasteiger partial charge in [0.05, 0.1) is 18.5 Å². The lowest BCUT2D eigenvalue weighted by atomic mass is 9.94. The Morgan fingerprint density at radius 1 is 1.13 bits per heavy atom. The van der Waals surface area contributed by atoms with Crippen molar-refractivity contribution in [3.05, 3.63) is 53.2 Å². The molecule has 10 heteroatoms. The van der Waals surface area contributed by atoms with E-state index in [1.165, 1.54) is 0 Å². The molecule has 2 aromatic rings. The Balaban J connectivity index is 0.00000480. The first-order chi connectivity index (χ1) is 14.0. The second-order valence-corrected chi connectivity index (χ2v) is 10.2. The molecule has 0 fully saturated rings. The molecule has 3 N–H and O–H groups in total. The van der Waals surface area contributed by atoms with Gasteiger partial charge in [0.25, 0.3) is 0 Å². The van der Waals surface area contributed by atoms with Crippen molar-refractivity contribution in [3.8, 4) is 0 Å². The van der Waals surface area contributed by atoms with Crippen LogP contribution in [0, 0.1) is 0 Å². The second-order valence-electron chi connectivity index (χ2n) is 8.45. The first kappa shape index (κ1) is 27.4. The average Bonchev–Trinajstić information content (AvgIpc) is 3.11. The summed E-state index contributed by atoms with van der Waals surface area (Å²) in [6.07, 6.45) is 1.75. The minimum Gasteiger partial charge on any atom is -0.443 e. The number of aromatic nitrogens is 1. The van der Waals surface area contributed by atoms with Crippen molar-refractivity contribution in [3.63, 3.8) is 0 Å². The maximum absolute atomic E-state index is 12.3. The Morgan fingerprint density at radius 3 is 2.29 bits per heavy atom. The molecule has 1 heterocycles. The maximum Gasteiger partial charge on any atom is 0.216 e. The van der Waals surface area contributed by atoms with Gasteiger partial charge in [-0.1, -0.05) is 45.0 Å². The third kappa shape index (κ3) is 9.16. The molecule has 1 aromatic carbocycles. The van der Waals surface area contributed by atoms with Gasteiger partial charge in [0.1, 0.15) is 5.76 Å². The van der Waals surface area contributed by atoms with Gasteiger partial charge in [-0.05, 0) is 25.0 Å². The van der Waals surface area contributed by atoms with Crippen molar-refractivity contribution in [1.29, 1.82) is 0 Å². The van der Waals surface area contributed by atoms with Crippen LogP contribution in [0.5, 0.6) is 0 Å². The quantitative estimate of drug-likeness (QED) is 0.259. The number of guanidine groups is 1. The molecule has 0 aliphatic rings. The van der Waals surface area contributed by atoms with E-state index in [-0.39, 0.29) is 41.2 Å². The molecule has 0 saturated carbocycles. The summed E-state index contributed by atoms with van der Waals surface area (Å²) >= 11 is 0. The molecule has 2 rings (SSSR count). The predicted octanol–water partition coefficient (Wildman–Crippen LogP) is 3.28. The van der Waals surface area contributed by atoms with Crippen molar-refractivity contribution >= 4 is 40.0 Å². The van der Waals surface area contributed by atoms with E-state index in [0.29, 0.717) is 24.9 Å². The van der Waals surface area contributed by atoms with Crippen LogP contribution in [0.2, 0.25) is 0 Å². The number of nitrogens with one attached hydrogen (secondary N) is 3. The molecule has 0 aliphatic carbocycles. The van der Waals surface area contributed by atoms with E-state index in [1.807, 2.05) is 24.3 Å². The summed E-state index contributed by atoms with van der Waals surface area (Å²) in [5, 5.41) is 6.38. The molecular weight excluding hydrogens is 529 g/mol. The summed E-state index contributed by atoms with van der Waals surface area (Å²) in [6, 6.07) is 7.32. The van der Waals surface area contributed by atoms with Gasteiger partial charge in [0.2, 0.25) is 15.9 Å². The molecule has 0 amide bonds. The van der Waals surface area contributed by atoms with E-state index in [1.54, 1.807) is 27.1 Å². The summed E-state index contributed by atoms with van der Waals surface area (Å²) in [4.78, 5) is 8.51.